The second-order valence-corrected chi connectivity index (χ2v) is 4.41. The Morgan fingerprint density at radius 3 is 2.65 bits per heavy atom. The lowest BCUT2D eigenvalue weighted by atomic mass is 10.1. The first-order valence-electron chi connectivity index (χ1n) is 6.42. The van der Waals surface area contributed by atoms with Gasteiger partial charge in [-0.05, 0) is 12.0 Å². The van der Waals surface area contributed by atoms with Crippen LogP contribution in [-0.2, 0) is 9.47 Å². The molecule has 108 valence electrons. The highest BCUT2D eigenvalue weighted by Gasteiger charge is 2.22. The van der Waals surface area contributed by atoms with E-state index in [1.807, 2.05) is 30.3 Å². The van der Waals surface area contributed by atoms with Crippen LogP contribution in [0.2, 0.25) is 0 Å². The zero-order valence-electron chi connectivity index (χ0n) is 11.7. The molecule has 0 radical (unpaired) electrons. The summed E-state index contributed by atoms with van der Waals surface area (Å²) in [5.41, 5.74) is 6.92. The molecule has 1 aromatic carbocycles. The average Bonchev–Trinajstić information content (AvgIpc) is 2.96. The van der Waals surface area contributed by atoms with E-state index in [0.717, 1.165) is 5.56 Å². The first kappa shape index (κ1) is 14.6. The number of methoxy groups -OCH3 is 2. The van der Waals surface area contributed by atoms with Crippen molar-refractivity contribution >= 4 is 0 Å². The first-order chi connectivity index (χ1) is 9.76. The monoisotopic (exact) mass is 277 g/mol. The van der Waals surface area contributed by atoms with Crippen molar-refractivity contribution in [2.24, 2.45) is 5.73 Å². The highest BCUT2D eigenvalue weighted by Crippen LogP contribution is 2.24. The molecule has 20 heavy (non-hydrogen) atoms. The molecule has 2 unspecified atom stereocenters. The van der Waals surface area contributed by atoms with E-state index >= 15 is 0 Å². The van der Waals surface area contributed by atoms with Gasteiger partial charge in [0.2, 0.25) is 11.7 Å². The summed E-state index contributed by atoms with van der Waals surface area (Å²) in [6.07, 6.45) is 0.268. The second-order valence-electron chi connectivity index (χ2n) is 4.41. The Kier molecular flexibility index (Phi) is 5.23. The van der Waals surface area contributed by atoms with Gasteiger partial charge in [0.15, 0.2) is 0 Å². The Balaban J connectivity index is 2.14. The van der Waals surface area contributed by atoms with Crippen molar-refractivity contribution < 1.29 is 14.0 Å². The SMILES string of the molecule is COCCC(N)c1nc(C(OC)c2ccccc2)no1. The van der Waals surface area contributed by atoms with E-state index in [1.165, 1.54) is 0 Å². The summed E-state index contributed by atoms with van der Waals surface area (Å²) in [6.45, 7) is 0.547. The van der Waals surface area contributed by atoms with Gasteiger partial charge >= 0.3 is 0 Å². The normalized spacial score (nSPS) is 14.2. The van der Waals surface area contributed by atoms with E-state index in [9.17, 15) is 0 Å². The van der Waals surface area contributed by atoms with Gasteiger partial charge in [-0.1, -0.05) is 35.5 Å². The van der Waals surface area contributed by atoms with E-state index in [0.29, 0.717) is 24.7 Å². The summed E-state index contributed by atoms with van der Waals surface area (Å²) in [6, 6.07) is 9.40. The van der Waals surface area contributed by atoms with Gasteiger partial charge in [0.25, 0.3) is 0 Å². The molecular formula is C14H19N3O3. The van der Waals surface area contributed by atoms with Crippen molar-refractivity contribution in [3.8, 4) is 0 Å². The molecule has 0 fully saturated rings. The summed E-state index contributed by atoms with van der Waals surface area (Å²) in [5, 5.41) is 3.96. The van der Waals surface area contributed by atoms with Crippen LogP contribution in [-0.4, -0.2) is 31.0 Å². The van der Waals surface area contributed by atoms with Gasteiger partial charge in [-0.15, -0.1) is 0 Å². The Bertz CT molecular complexity index is 515. The van der Waals surface area contributed by atoms with Crippen molar-refractivity contribution in [3.05, 3.63) is 47.6 Å². The number of nitrogens with two attached hydrogens (primary N) is 1. The highest BCUT2D eigenvalue weighted by atomic mass is 16.5. The predicted octanol–water partition coefficient (Wildman–Crippen LogP) is 1.84. The van der Waals surface area contributed by atoms with Gasteiger partial charge in [-0.25, -0.2) is 0 Å². The largest absolute Gasteiger partial charge is 0.385 e. The van der Waals surface area contributed by atoms with Crippen molar-refractivity contribution in [3.63, 3.8) is 0 Å². The molecule has 0 saturated heterocycles. The standard InChI is InChI=1S/C14H19N3O3/c1-18-9-8-11(15)14-16-13(17-20-14)12(19-2)10-6-4-3-5-7-10/h3-7,11-12H,8-9,15H2,1-2H3. The highest BCUT2D eigenvalue weighted by molar-refractivity contribution is 5.22. The fraction of sp³-hybridized carbons (Fsp3) is 0.429. The lowest BCUT2D eigenvalue weighted by Gasteiger charge is -2.11. The van der Waals surface area contributed by atoms with E-state index < -0.39 is 0 Å². The number of ether oxygens (including phenoxy) is 2. The number of benzene rings is 1. The fourth-order valence-corrected chi connectivity index (χ4v) is 1.89. The third kappa shape index (κ3) is 3.41. The molecule has 0 amide bonds. The van der Waals surface area contributed by atoms with Crippen molar-refractivity contribution in [1.82, 2.24) is 10.1 Å². The van der Waals surface area contributed by atoms with Crippen LogP contribution in [0.1, 0.15) is 35.8 Å². The van der Waals surface area contributed by atoms with E-state index in [4.69, 9.17) is 19.7 Å². The van der Waals surface area contributed by atoms with Crippen LogP contribution in [0.3, 0.4) is 0 Å². The molecule has 2 rings (SSSR count). The zero-order valence-corrected chi connectivity index (χ0v) is 11.7. The summed E-state index contributed by atoms with van der Waals surface area (Å²) in [4.78, 5) is 4.33. The summed E-state index contributed by atoms with van der Waals surface area (Å²) >= 11 is 0. The number of hydrogen-bond donors (Lipinski definition) is 1. The van der Waals surface area contributed by atoms with Crippen LogP contribution in [0.25, 0.3) is 0 Å². The fourth-order valence-electron chi connectivity index (χ4n) is 1.89. The molecule has 0 aliphatic carbocycles. The van der Waals surface area contributed by atoms with Crippen LogP contribution in [0, 0.1) is 0 Å². The van der Waals surface area contributed by atoms with Gasteiger partial charge in [0, 0.05) is 20.8 Å². The minimum atomic E-state index is -0.358. The molecule has 2 aromatic rings. The maximum Gasteiger partial charge on any atom is 0.243 e. The molecule has 6 nitrogen and oxygen atoms in total. The zero-order chi connectivity index (χ0) is 14.4. The van der Waals surface area contributed by atoms with Crippen LogP contribution >= 0.6 is 0 Å². The average molecular weight is 277 g/mol. The van der Waals surface area contributed by atoms with Crippen LogP contribution in [0.15, 0.2) is 34.9 Å². The maximum atomic E-state index is 5.96. The molecule has 6 heteroatoms. The molecule has 1 aromatic heterocycles. The topological polar surface area (TPSA) is 83.4 Å². The first-order valence-corrected chi connectivity index (χ1v) is 6.42. The Labute approximate surface area is 117 Å². The smallest absolute Gasteiger partial charge is 0.243 e. The minimum Gasteiger partial charge on any atom is -0.385 e. The molecule has 0 spiro atoms. The number of hydrogen-bond acceptors (Lipinski definition) is 6. The Morgan fingerprint density at radius 2 is 2.00 bits per heavy atom. The second kappa shape index (κ2) is 7.14. The van der Waals surface area contributed by atoms with Crippen LogP contribution in [0.4, 0.5) is 0 Å². The molecule has 0 saturated carbocycles. The molecule has 0 aliphatic rings. The van der Waals surface area contributed by atoms with Crippen LogP contribution < -0.4 is 5.73 Å². The number of nitrogens with zero attached hydrogens (tertiary/aromatic N) is 2. The van der Waals surface area contributed by atoms with Gasteiger partial charge in [-0.2, -0.15) is 4.98 Å². The number of aromatic nitrogens is 2. The molecule has 1 heterocycles. The van der Waals surface area contributed by atoms with Gasteiger partial charge in [0.05, 0.1) is 6.04 Å². The molecule has 2 atom stereocenters. The van der Waals surface area contributed by atoms with E-state index in [-0.39, 0.29) is 12.1 Å². The molecular weight excluding hydrogens is 258 g/mol. The Morgan fingerprint density at radius 1 is 1.25 bits per heavy atom. The lowest BCUT2D eigenvalue weighted by Crippen LogP contribution is -2.13. The molecule has 2 N–H and O–H groups in total. The van der Waals surface area contributed by atoms with E-state index in [2.05, 4.69) is 10.1 Å². The third-order valence-electron chi connectivity index (χ3n) is 2.98. The van der Waals surface area contributed by atoms with Gasteiger partial charge in [0.1, 0.15) is 6.10 Å². The lowest BCUT2D eigenvalue weighted by molar-refractivity contribution is 0.126. The molecule has 0 aliphatic heterocycles. The van der Waals surface area contributed by atoms with Crippen LogP contribution in [0.5, 0.6) is 0 Å². The summed E-state index contributed by atoms with van der Waals surface area (Å²) in [5.74, 6) is 0.872. The predicted molar refractivity (Wildman–Crippen MR) is 73.0 cm³/mol. The maximum absolute atomic E-state index is 5.96. The van der Waals surface area contributed by atoms with Gasteiger partial charge < -0.3 is 19.7 Å². The minimum absolute atomic E-state index is 0.329. The summed E-state index contributed by atoms with van der Waals surface area (Å²) in [7, 11) is 3.24. The van der Waals surface area contributed by atoms with Crippen molar-refractivity contribution in [2.75, 3.05) is 20.8 Å². The number of rotatable bonds is 7. The van der Waals surface area contributed by atoms with Gasteiger partial charge in [-0.3, -0.25) is 0 Å². The third-order valence-corrected chi connectivity index (χ3v) is 2.98. The molecule has 0 bridgehead atoms. The summed E-state index contributed by atoms with van der Waals surface area (Å²) < 4.78 is 15.6. The van der Waals surface area contributed by atoms with Crippen molar-refractivity contribution in [2.45, 2.75) is 18.6 Å². The Hall–Kier alpha value is -1.76. The quantitative estimate of drug-likeness (QED) is 0.831. The van der Waals surface area contributed by atoms with Crippen molar-refractivity contribution in [1.29, 1.82) is 0 Å². The van der Waals surface area contributed by atoms with E-state index in [1.54, 1.807) is 14.2 Å².